The number of likely N-dealkylation sites (N-methyl/N-ethyl adjacent to an activating group) is 1. The van der Waals surface area contributed by atoms with E-state index in [1.807, 2.05) is 45.1 Å². The number of ether oxygens (including phenoxy) is 1. The zero-order valence-corrected chi connectivity index (χ0v) is 22.7. The quantitative estimate of drug-likeness (QED) is 0.479. The van der Waals surface area contributed by atoms with E-state index in [9.17, 15) is 14.7 Å². The summed E-state index contributed by atoms with van der Waals surface area (Å²) in [7, 11) is 6.00. The normalized spacial score (nSPS) is 18.7. The fraction of sp³-hybridized carbons (Fsp3) is 0.536. The summed E-state index contributed by atoms with van der Waals surface area (Å²) in [6, 6.07) is 8.87. The van der Waals surface area contributed by atoms with E-state index >= 15 is 0 Å². The standard InChI is InChI=1S/C28H41N5O4/c1-20-16-33(21(2)19-34)28(36)24-15-23(30-27(35)7-6-14-31(3)4)8-9-25(24)37-26(20)18-32(5)17-22-10-12-29-13-11-22/h8-13,15,20-21,26,34H,6-7,14,16-19H2,1-5H3,(H,30,35)/t20-,21+,26+/m1/s1. The number of pyridine rings is 1. The molecule has 3 atom stereocenters. The number of carbonyl (C=O) groups excluding carboxylic acids is 2. The van der Waals surface area contributed by atoms with Crippen LogP contribution in [0.25, 0.3) is 0 Å². The zero-order valence-electron chi connectivity index (χ0n) is 22.7. The van der Waals surface area contributed by atoms with E-state index in [2.05, 4.69) is 22.1 Å². The Morgan fingerprint density at radius 3 is 2.65 bits per heavy atom. The van der Waals surface area contributed by atoms with Crippen LogP contribution in [0.15, 0.2) is 42.7 Å². The van der Waals surface area contributed by atoms with Crippen molar-refractivity contribution in [1.82, 2.24) is 19.7 Å². The van der Waals surface area contributed by atoms with Gasteiger partial charge in [0.1, 0.15) is 11.9 Å². The molecule has 0 saturated carbocycles. The molecule has 0 radical (unpaired) electrons. The number of hydrogen-bond donors (Lipinski definition) is 2. The molecule has 202 valence electrons. The number of amides is 2. The van der Waals surface area contributed by atoms with Crippen molar-refractivity contribution in [2.24, 2.45) is 5.92 Å². The largest absolute Gasteiger partial charge is 0.488 e. The van der Waals surface area contributed by atoms with Gasteiger partial charge in [-0.25, -0.2) is 0 Å². The van der Waals surface area contributed by atoms with Crippen LogP contribution in [0.1, 0.15) is 42.6 Å². The fourth-order valence-corrected chi connectivity index (χ4v) is 4.47. The summed E-state index contributed by atoms with van der Waals surface area (Å²) < 4.78 is 6.46. The van der Waals surface area contributed by atoms with Gasteiger partial charge in [0.25, 0.3) is 5.91 Å². The zero-order chi connectivity index (χ0) is 26.9. The predicted molar refractivity (Wildman–Crippen MR) is 145 cm³/mol. The molecule has 0 bridgehead atoms. The van der Waals surface area contributed by atoms with Crippen molar-refractivity contribution in [2.75, 3.05) is 52.7 Å². The third-order valence-corrected chi connectivity index (χ3v) is 6.65. The molecule has 1 aromatic carbocycles. The molecule has 1 aliphatic heterocycles. The summed E-state index contributed by atoms with van der Waals surface area (Å²) >= 11 is 0. The van der Waals surface area contributed by atoms with Gasteiger partial charge in [-0.2, -0.15) is 0 Å². The number of nitrogens with one attached hydrogen (secondary N) is 1. The van der Waals surface area contributed by atoms with Crippen LogP contribution < -0.4 is 10.1 Å². The summed E-state index contributed by atoms with van der Waals surface area (Å²) in [4.78, 5) is 36.1. The van der Waals surface area contributed by atoms with Crippen molar-refractivity contribution in [2.45, 2.75) is 45.4 Å². The van der Waals surface area contributed by atoms with Gasteiger partial charge in [-0.05, 0) is 76.9 Å². The molecule has 0 saturated heterocycles. The highest BCUT2D eigenvalue weighted by molar-refractivity contribution is 5.99. The van der Waals surface area contributed by atoms with Crippen LogP contribution in [-0.4, -0.2) is 96.1 Å². The Morgan fingerprint density at radius 2 is 1.97 bits per heavy atom. The van der Waals surface area contributed by atoms with Gasteiger partial charge in [0.05, 0.1) is 18.2 Å². The maximum Gasteiger partial charge on any atom is 0.258 e. The number of anilines is 1. The van der Waals surface area contributed by atoms with Crippen molar-refractivity contribution < 1.29 is 19.4 Å². The highest BCUT2D eigenvalue weighted by atomic mass is 16.5. The number of hydrogen-bond acceptors (Lipinski definition) is 7. The first-order valence-corrected chi connectivity index (χ1v) is 12.9. The molecule has 1 aliphatic rings. The molecule has 0 aliphatic carbocycles. The fourth-order valence-electron chi connectivity index (χ4n) is 4.47. The Kier molecular flexibility index (Phi) is 10.4. The molecule has 2 amide bonds. The predicted octanol–water partition coefficient (Wildman–Crippen LogP) is 2.71. The highest BCUT2D eigenvalue weighted by Gasteiger charge is 2.33. The van der Waals surface area contributed by atoms with E-state index in [-0.39, 0.29) is 36.5 Å². The van der Waals surface area contributed by atoms with Gasteiger partial charge in [0.2, 0.25) is 5.91 Å². The van der Waals surface area contributed by atoms with Crippen LogP contribution in [0, 0.1) is 5.92 Å². The second-order valence-corrected chi connectivity index (χ2v) is 10.3. The first-order chi connectivity index (χ1) is 17.7. The minimum Gasteiger partial charge on any atom is -0.488 e. The molecule has 9 heteroatoms. The third-order valence-electron chi connectivity index (χ3n) is 6.65. The second-order valence-electron chi connectivity index (χ2n) is 10.3. The lowest BCUT2D eigenvalue weighted by Crippen LogP contribution is -2.49. The molecule has 0 spiro atoms. The smallest absolute Gasteiger partial charge is 0.258 e. The number of rotatable bonds is 11. The molecule has 1 aromatic heterocycles. The number of fused-ring (bicyclic) bond motifs is 1. The number of nitrogens with zero attached hydrogens (tertiary/aromatic N) is 4. The lowest BCUT2D eigenvalue weighted by atomic mass is 9.99. The first kappa shape index (κ1) is 28.6. The molecule has 3 rings (SSSR count). The Balaban J connectivity index is 1.82. The van der Waals surface area contributed by atoms with Crippen LogP contribution >= 0.6 is 0 Å². The molecular weight excluding hydrogens is 470 g/mol. The molecule has 37 heavy (non-hydrogen) atoms. The third kappa shape index (κ3) is 8.24. The van der Waals surface area contributed by atoms with Crippen LogP contribution in [0.3, 0.4) is 0 Å². The average molecular weight is 512 g/mol. The Bertz CT molecular complexity index is 1030. The molecule has 9 nitrogen and oxygen atoms in total. The van der Waals surface area contributed by atoms with Gasteiger partial charge >= 0.3 is 0 Å². The molecule has 0 unspecified atom stereocenters. The van der Waals surface area contributed by atoms with Crippen molar-refractivity contribution in [3.8, 4) is 5.75 Å². The summed E-state index contributed by atoms with van der Waals surface area (Å²) in [5, 5.41) is 12.8. The van der Waals surface area contributed by atoms with Crippen molar-refractivity contribution in [3.63, 3.8) is 0 Å². The monoisotopic (exact) mass is 511 g/mol. The van der Waals surface area contributed by atoms with Crippen LogP contribution in [-0.2, 0) is 11.3 Å². The number of aromatic nitrogens is 1. The van der Waals surface area contributed by atoms with Crippen LogP contribution in [0.2, 0.25) is 0 Å². The maximum absolute atomic E-state index is 13.6. The van der Waals surface area contributed by atoms with Crippen molar-refractivity contribution in [1.29, 1.82) is 0 Å². The van der Waals surface area contributed by atoms with Crippen LogP contribution in [0.4, 0.5) is 5.69 Å². The minimum atomic E-state index is -0.347. The Labute approximate surface area is 220 Å². The molecule has 2 heterocycles. The second kappa shape index (κ2) is 13.5. The molecule has 2 N–H and O–H groups in total. The van der Waals surface area contributed by atoms with Gasteiger partial charge < -0.3 is 25.0 Å². The van der Waals surface area contributed by atoms with Crippen molar-refractivity contribution in [3.05, 3.63) is 53.9 Å². The van der Waals surface area contributed by atoms with E-state index < -0.39 is 0 Å². The van der Waals surface area contributed by atoms with E-state index in [4.69, 9.17) is 4.74 Å². The van der Waals surface area contributed by atoms with E-state index in [0.29, 0.717) is 36.5 Å². The average Bonchev–Trinajstić information content (AvgIpc) is 2.86. The van der Waals surface area contributed by atoms with E-state index in [0.717, 1.165) is 25.1 Å². The SMILES string of the molecule is C[C@@H]1CN([C@@H](C)CO)C(=O)c2cc(NC(=O)CCCN(C)C)ccc2O[C@H]1CN(C)Cc1ccncc1. The van der Waals surface area contributed by atoms with E-state index in [1.165, 1.54) is 0 Å². The number of aliphatic hydroxyl groups is 1. The van der Waals surface area contributed by atoms with E-state index in [1.54, 1.807) is 35.5 Å². The molecular formula is C28H41N5O4. The Morgan fingerprint density at radius 1 is 1.24 bits per heavy atom. The Hall–Kier alpha value is -3.01. The molecule has 0 fully saturated rings. The van der Waals surface area contributed by atoms with Gasteiger partial charge in [-0.1, -0.05) is 6.92 Å². The number of aliphatic hydroxyl groups excluding tert-OH is 1. The number of benzene rings is 1. The summed E-state index contributed by atoms with van der Waals surface area (Å²) in [6.45, 7) is 6.46. The summed E-state index contributed by atoms with van der Waals surface area (Å²) in [5.41, 5.74) is 2.11. The first-order valence-electron chi connectivity index (χ1n) is 12.9. The lowest BCUT2D eigenvalue weighted by Gasteiger charge is -2.38. The highest BCUT2D eigenvalue weighted by Crippen LogP contribution is 2.31. The lowest BCUT2D eigenvalue weighted by molar-refractivity contribution is -0.116. The minimum absolute atomic E-state index is 0.0297. The van der Waals surface area contributed by atoms with Crippen LogP contribution in [0.5, 0.6) is 5.75 Å². The van der Waals surface area contributed by atoms with Crippen molar-refractivity contribution >= 4 is 17.5 Å². The van der Waals surface area contributed by atoms with Gasteiger partial charge in [-0.3, -0.25) is 19.5 Å². The molecule has 2 aromatic rings. The van der Waals surface area contributed by atoms with Gasteiger partial charge in [0, 0.05) is 50.1 Å². The topological polar surface area (TPSA) is 98.2 Å². The summed E-state index contributed by atoms with van der Waals surface area (Å²) in [5.74, 6) is 0.211. The van der Waals surface area contributed by atoms with Gasteiger partial charge in [-0.15, -0.1) is 0 Å². The summed E-state index contributed by atoms with van der Waals surface area (Å²) in [6.07, 6.45) is 4.54. The number of carbonyl (C=O) groups is 2. The maximum atomic E-state index is 13.6. The van der Waals surface area contributed by atoms with Gasteiger partial charge in [0.15, 0.2) is 0 Å².